The summed E-state index contributed by atoms with van der Waals surface area (Å²) in [5.74, 6) is 0.181. The highest BCUT2D eigenvalue weighted by Gasteiger charge is 2.02. The molecule has 1 rings (SSSR count). The van der Waals surface area contributed by atoms with Gasteiger partial charge >= 0.3 is 0 Å². The smallest absolute Gasteiger partial charge is 0.150 e. The average molecular weight is 262 g/mol. The van der Waals surface area contributed by atoms with E-state index in [9.17, 15) is 4.79 Å². The highest BCUT2D eigenvalue weighted by molar-refractivity contribution is 5.74. The first kappa shape index (κ1) is 18.3. The lowest BCUT2D eigenvalue weighted by molar-refractivity contribution is -0.870. The topological polar surface area (TPSA) is 57.5 Å². The zero-order valence-corrected chi connectivity index (χ0v) is 11.2. The first-order valence-electron chi connectivity index (χ1n) is 5.04. The molecule has 0 bridgehead atoms. The molecule has 0 fully saturated rings. The molecule has 5 heteroatoms. The minimum Gasteiger partial charge on any atom is -1.00 e. The molecule has 0 radical (unpaired) electrons. The van der Waals surface area contributed by atoms with Crippen molar-refractivity contribution in [3.05, 3.63) is 29.8 Å². The van der Waals surface area contributed by atoms with Crippen molar-refractivity contribution < 1.29 is 31.9 Å². The zero-order valence-electron chi connectivity index (χ0n) is 10.4. The van der Waals surface area contributed by atoms with Gasteiger partial charge in [0.2, 0.25) is 0 Å². The van der Waals surface area contributed by atoms with E-state index in [0.717, 1.165) is 17.3 Å². The van der Waals surface area contributed by atoms with Crippen LogP contribution in [0.4, 0.5) is 0 Å². The van der Waals surface area contributed by atoms with Crippen LogP contribution in [0.3, 0.4) is 0 Å². The molecule has 0 saturated heterocycles. The van der Waals surface area contributed by atoms with E-state index in [0.29, 0.717) is 5.56 Å². The molecule has 1 aromatic carbocycles. The molecule has 0 atom stereocenters. The van der Waals surface area contributed by atoms with Crippen molar-refractivity contribution in [1.82, 2.24) is 0 Å². The van der Waals surface area contributed by atoms with Crippen LogP contribution in [0.5, 0.6) is 5.75 Å². The molecule has 0 amide bonds. The number of aliphatic hydroxyl groups is 1. The Kier molecular flexibility index (Phi) is 9.66. The zero-order chi connectivity index (χ0) is 12.6. The number of phenolic OH excluding ortho intramolecular Hbond substituents is 1. The van der Waals surface area contributed by atoms with Crippen molar-refractivity contribution in [3.8, 4) is 5.75 Å². The molecule has 0 spiro atoms. The molecule has 2 N–H and O–H groups in total. The third kappa shape index (κ3) is 11.2. The van der Waals surface area contributed by atoms with E-state index >= 15 is 0 Å². The molecule has 1 aromatic rings. The number of aromatic hydroxyl groups is 1. The molecule has 17 heavy (non-hydrogen) atoms. The van der Waals surface area contributed by atoms with Gasteiger partial charge in [0.1, 0.15) is 18.6 Å². The predicted octanol–water partition coefficient (Wildman–Crippen LogP) is -2.11. The van der Waals surface area contributed by atoms with Crippen LogP contribution in [0.25, 0.3) is 0 Å². The number of carbonyl (C=O) groups is 1. The molecule has 0 saturated carbocycles. The van der Waals surface area contributed by atoms with Gasteiger partial charge in [-0.3, -0.25) is 4.79 Å². The van der Waals surface area contributed by atoms with Crippen molar-refractivity contribution >= 4 is 6.29 Å². The van der Waals surface area contributed by atoms with Crippen molar-refractivity contribution in [2.45, 2.75) is 0 Å². The monoisotopic (exact) mass is 261 g/mol. The van der Waals surface area contributed by atoms with Crippen molar-refractivity contribution in [2.75, 3.05) is 34.3 Å². The highest BCUT2D eigenvalue weighted by Crippen LogP contribution is 2.07. The second-order valence-electron chi connectivity index (χ2n) is 4.45. The minimum atomic E-state index is 0. The number of hydrogen-bond acceptors (Lipinski definition) is 3. The van der Waals surface area contributed by atoms with Gasteiger partial charge in [-0.25, -0.2) is 0 Å². The Morgan fingerprint density at radius 1 is 1.18 bits per heavy atom. The Balaban J connectivity index is 0. The first-order valence-corrected chi connectivity index (χ1v) is 5.04. The van der Waals surface area contributed by atoms with Gasteiger partial charge in [0.25, 0.3) is 0 Å². The summed E-state index contributed by atoms with van der Waals surface area (Å²) in [4.78, 5) is 10.0. The summed E-state index contributed by atoms with van der Waals surface area (Å²) < 4.78 is 0.844. The van der Waals surface area contributed by atoms with Crippen LogP contribution >= 0.6 is 0 Å². The summed E-state index contributed by atoms with van der Waals surface area (Å²) in [7, 11) is 6.16. The van der Waals surface area contributed by atoms with Crippen molar-refractivity contribution in [2.24, 2.45) is 0 Å². The summed E-state index contributed by atoms with van der Waals surface area (Å²) in [5, 5.41) is 17.1. The largest absolute Gasteiger partial charge is 1.00 e. The van der Waals surface area contributed by atoms with Crippen LogP contribution < -0.4 is 12.4 Å². The van der Waals surface area contributed by atoms with Crippen LogP contribution in [0.1, 0.15) is 10.4 Å². The second-order valence-corrected chi connectivity index (χ2v) is 4.45. The Labute approximate surface area is 108 Å². The van der Waals surface area contributed by atoms with E-state index in [1.165, 1.54) is 12.1 Å². The molecule has 0 unspecified atom stereocenters. The number of phenols is 1. The van der Waals surface area contributed by atoms with Gasteiger partial charge in [-0.2, -0.15) is 0 Å². The van der Waals surface area contributed by atoms with Crippen LogP contribution in [-0.4, -0.2) is 55.3 Å². The number of nitrogens with zero attached hydrogens (tertiary/aromatic N) is 1. The quantitative estimate of drug-likeness (QED) is 0.484. The third-order valence-electron chi connectivity index (χ3n) is 1.80. The Bertz CT molecular complexity index is 307. The number of carbonyl (C=O) groups excluding carboxylic acids is 1. The van der Waals surface area contributed by atoms with E-state index in [2.05, 4.69) is 21.1 Å². The molecule has 0 heterocycles. The summed E-state index contributed by atoms with van der Waals surface area (Å²) in [6, 6.07) is 6.07. The van der Waals surface area contributed by atoms with Gasteiger partial charge in [0, 0.05) is 5.56 Å². The van der Waals surface area contributed by atoms with Gasteiger partial charge < -0.3 is 27.1 Å². The second kappa shape index (κ2) is 8.98. The summed E-state index contributed by atoms with van der Waals surface area (Å²) in [6.45, 7) is 1.11. The molecule has 0 aliphatic carbocycles. The maximum absolute atomic E-state index is 10.0. The Morgan fingerprint density at radius 2 is 1.65 bits per heavy atom. The Hall–Kier alpha value is -1.10. The summed E-state index contributed by atoms with van der Waals surface area (Å²) in [6.07, 6.45) is 0.736. The average Bonchev–Trinajstić information content (AvgIpc) is 2.18. The molecular weight excluding hydrogens is 242 g/mol. The number of hydrogen-bond donors (Lipinski definition) is 2. The third-order valence-corrected chi connectivity index (χ3v) is 1.80. The number of quaternary nitrogens is 1. The van der Waals surface area contributed by atoms with Crippen molar-refractivity contribution in [1.29, 1.82) is 0 Å². The van der Waals surface area contributed by atoms with Crippen molar-refractivity contribution in [3.63, 3.8) is 0 Å². The molecule has 4 nitrogen and oxygen atoms in total. The van der Waals surface area contributed by atoms with Crippen LogP contribution in [0.15, 0.2) is 24.3 Å². The Morgan fingerprint density at radius 3 is 1.88 bits per heavy atom. The van der Waals surface area contributed by atoms with E-state index < -0.39 is 0 Å². The summed E-state index contributed by atoms with van der Waals surface area (Å²) in [5.41, 5.74) is 0.577. The van der Waals surface area contributed by atoms with E-state index in [1.54, 1.807) is 12.1 Å². The van der Waals surface area contributed by atoms with Gasteiger partial charge in [-0.1, -0.05) is 0 Å². The molecule has 0 aliphatic rings. The lowest BCUT2D eigenvalue weighted by atomic mass is 10.2. The number of halogens is 1. The predicted molar refractivity (Wildman–Crippen MR) is 63.5 cm³/mol. The fourth-order valence-electron chi connectivity index (χ4n) is 0.853. The number of likely N-dealkylation sites (N-methyl/N-ethyl adjacent to an activating group) is 1. The summed E-state index contributed by atoms with van der Waals surface area (Å²) >= 11 is 0. The fraction of sp³-hybridized carbons (Fsp3) is 0.417. The van der Waals surface area contributed by atoms with Crippen LogP contribution in [0, 0.1) is 0 Å². The highest BCUT2D eigenvalue weighted by atomic mass is 35.5. The van der Waals surface area contributed by atoms with Gasteiger partial charge in [-0.05, 0) is 24.3 Å². The first-order chi connectivity index (χ1) is 7.39. The van der Waals surface area contributed by atoms with Gasteiger partial charge in [0.05, 0.1) is 27.7 Å². The standard InChI is InChI=1S/C7H6O2.C5H14NO.ClH/c8-5-6-1-3-7(9)4-2-6;1-6(2,3)4-5-7;/h1-5,9H;7H,4-5H2,1-3H3;1H/q;+1;/p-1. The normalized spacial score (nSPS) is 9.65. The number of rotatable bonds is 3. The number of aldehydes is 1. The number of benzene rings is 1. The van der Waals surface area contributed by atoms with Gasteiger partial charge in [0.15, 0.2) is 0 Å². The molecule has 0 aromatic heterocycles. The number of aliphatic hydroxyl groups excluding tert-OH is 1. The van der Waals surface area contributed by atoms with E-state index in [4.69, 9.17) is 10.2 Å². The fourth-order valence-corrected chi connectivity index (χ4v) is 0.853. The van der Waals surface area contributed by atoms with Crippen LogP contribution in [0.2, 0.25) is 0 Å². The SMILES string of the molecule is C[N+](C)(C)CCO.O=Cc1ccc(O)cc1.[Cl-]. The maximum atomic E-state index is 10.0. The molecule has 98 valence electrons. The molecular formula is C12H20ClNO3. The lowest BCUT2D eigenvalue weighted by Crippen LogP contribution is -3.00. The van der Waals surface area contributed by atoms with E-state index in [1.807, 2.05) is 0 Å². The lowest BCUT2D eigenvalue weighted by Gasteiger charge is -2.21. The maximum Gasteiger partial charge on any atom is 0.150 e. The van der Waals surface area contributed by atoms with E-state index in [-0.39, 0.29) is 24.8 Å². The molecule has 0 aliphatic heterocycles. The van der Waals surface area contributed by atoms with Gasteiger partial charge in [-0.15, -0.1) is 0 Å². The van der Waals surface area contributed by atoms with Crippen LogP contribution in [-0.2, 0) is 0 Å². The minimum absolute atomic E-state index is 0.